The molecule has 4 heteroatoms. The first-order valence-corrected chi connectivity index (χ1v) is 7.67. The van der Waals surface area contributed by atoms with Gasteiger partial charge in [0.2, 0.25) is 5.91 Å². The lowest BCUT2D eigenvalue weighted by Gasteiger charge is -2.35. The summed E-state index contributed by atoms with van der Waals surface area (Å²) in [5, 5.41) is 8.96. The van der Waals surface area contributed by atoms with Crippen molar-refractivity contribution in [3.63, 3.8) is 0 Å². The third-order valence-electron chi connectivity index (χ3n) is 4.82. The molecule has 4 nitrogen and oxygen atoms in total. The van der Waals surface area contributed by atoms with Gasteiger partial charge in [0.1, 0.15) is 0 Å². The van der Waals surface area contributed by atoms with Crippen molar-refractivity contribution in [2.24, 2.45) is 11.8 Å². The van der Waals surface area contributed by atoms with Gasteiger partial charge in [-0.1, -0.05) is 0 Å². The number of carbonyl (C=O) groups excluding carboxylic acids is 1. The minimum Gasteiger partial charge on any atom is -0.396 e. The Bertz CT molecular complexity index is 281. The molecule has 1 amide bonds. The fourth-order valence-corrected chi connectivity index (χ4v) is 3.42. The zero-order valence-electron chi connectivity index (χ0n) is 12.0. The summed E-state index contributed by atoms with van der Waals surface area (Å²) >= 11 is 0. The molecule has 0 aromatic rings. The number of carbonyl (C=O) groups is 1. The van der Waals surface area contributed by atoms with Crippen molar-refractivity contribution in [2.75, 3.05) is 26.9 Å². The van der Waals surface area contributed by atoms with E-state index in [-0.39, 0.29) is 12.5 Å². The molecule has 1 N–H and O–H groups in total. The topological polar surface area (TPSA) is 49.8 Å². The molecule has 110 valence electrons. The molecule has 19 heavy (non-hydrogen) atoms. The average Bonchev–Trinajstić information content (AvgIpc) is 2.48. The second-order valence-corrected chi connectivity index (χ2v) is 6.02. The van der Waals surface area contributed by atoms with Crippen LogP contribution in [0, 0.1) is 11.8 Å². The molecule has 1 saturated carbocycles. The Morgan fingerprint density at radius 2 is 1.79 bits per heavy atom. The molecule has 0 aromatic carbocycles. The van der Waals surface area contributed by atoms with Crippen LogP contribution in [0.25, 0.3) is 0 Å². The van der Waals surface area contributed by atoms with Crippen molar-refractivity contribution in [3.05, 3.63) is 0 Å². The highest BCUT2D eigenvalue weighted by molar-refractivity contribution is 5.79. The Morgan fingerprint density at radius 1 is 1.16 bits per heavy atom. The van der Waals surface area contributed by atoms with Crippen molar-refractivity contribution in [1.29, 1.82) is 0 Å². The Hall–Kier alpha value is -0.610. The highest BCUT2D eigenvalue weighted by Gasteiger charge is 2.31. The van der Waals surface area contributed by atoms with Crippen LogP contribution in [0.5, 0.6) is 0 Å². The summed E-state index contributed by atoms with van der Waals surface area (Å²) in [5.41, 5.74) is 0. The fourth-order valence-electron chi connectivity index (χ4n) is 3.42. The lowest BCUT2D eigenvalue weighted by molar-refractivity contribution is -0.139. The molecular formula is C15H27NO3. The highest BCUT2D eigenvalue weighted by Crippen LogP contribution is 2.32. The molecule has 0 bridgehead atoms. The van der Waals surface area contributed by atoms with E-state index in [0.717, 1.165) is 58.2 Å². The van der Waals surface area contributed by atoms with E-state index in [1.54, 1.807) is 0 Å². The Labute approximate surface area is 116 Å². The summed E-state index contributed by atoms with van der Waals surface area (Å²) in [6.45, 7) is 1.85. The molecule has 0 unspecified atom stereocenters. The molecule has 1 saturated heterocycles. The maximum atomic E-state index is 12.5. The Morgan fingerprint density at radius 3 is 2.37 bits per heavy atom. The van der Waals surface area contributed by atoms with E-state index in [9.17, 15) is 4.79 Å². The van der Waals surface area contributed by atoms with Crippen molar-refractivity contribution >= 4 is 5.91 Å². The van der Waals surface area contributed by atoms with E-state index in [1.165, 1.54) is 0 Å². The molecule has 1 aliphatic heterocycles. The SMILES string of the molecule is CN(C(=O)C1CCC(CCO)CC1)C1CCOCC1. The van der Waals surface area contributed by atoms with Gasteiger partial charge in [-0.3, -0.25) is 4.79 Å². The van der Waals surface area contributed by atoms with Crippen molar-refractivity contribution in [2.45, 2.75) is 51.0 Å². The van der Waals surface area contributed by atoms with Crippen molar-refractivity contribution in [3.8, 4) is 0 Å². The van der Waals surface area contributed by atoms with Gasteiger partial charge in [0.15, 0.2) is 0 Å². The van der Waals surface area contributed by atoms with E-state index in [2.05, 4.69) is 0 Å². The van der Waals surface area contributed by atoms with Crippen LogP contribution in [0.15, 0.2) is 0 Å². The summed E-state index contributed by atoms with van der Waals surface area (Å²) in [4.78, 5) is 14.5. The standard InChI is InChI=1S/C15H27NO3/c1-16(14-7-10-19-11-8-14)15(18)13-4-2-12(3-5-13)6-9-17/h12-14,17H,2-11H2,1H3. The zero-order chi connectivity index (χ0) is 13.7. The maximum Gasteiger partial charge on any atom is 0.225 e. The number of aliphatic hydroxyl groups is 1. The molecule has 0 aromatic heterocycles. The second-order valence-electron chi connectivity index (χ2n) is 6.02. The van der Waals surface area contributed by atoms with Gasteiger partial charge in [0.05, 0.1) is 0 Å². The largest absolute Gasteiger partial charge is 0.396 e. The van der Waals surface area contributed by atoms with Gasteiger partial charge in [-0.05, 0) is 50.9 Å². The summed E-state index contributed by atoms with van der Waals surface area (Å²) in [5.74, 6) is 1.17. The van der Waals surface area contributed by atoms with Crippen LogP contribution in [0.3, 0.4) is 0 Å². The molecule has 0 radical (unpaired) electrons. The predicted octanol–water partition coefficient (Wildman–Crippen LogP) is 1.81. The Balaban J connectivity index is 1.79. The molecule has 0 atom stereocenters. The minimum atomic E-state index is 0.211. The highest BCUT2D eigenvalue weighted by atomic mass is 16.5. The van der Waals surface area contributed by atoms with E-state index in [4.69, 9.17) is 9.84 Å². The van der Waals surface area contributed by atoms with E-state index in [0.29, 0.717) is 17.9 Å². The van der Waals surface area contributed by atoms with E-state index >= 15 is 0 Å². The third kappa shape index (κ3) is 3.93. The number of rotatable bonds is 4. The minimum absolute atomic E-state index is 0.211. The number of ether oxygens (including phenoxy) is 1. The molecule has 2 fully saturated rings. The molecule has 1 aliphatic carbocycles. The van der Waals surface area contributed by atoms with Gasteiger partial charge in [-0.15, -0.1) is 0 Å². The number of hydrogen-bond donors (Lipinski definition) is 1. The van der Waals surface area contributed by atoms with E-state index < -0.39 is 0 Å². The third-order valence-corrected chi connectivity index (χ3v) is 4.82. The number of amides is 1. The summed E-state index contributed by atoms with van der Waals surface area (Å²) < 4.78 is 5.35. The maximum absolute atomic E-state index is 12.5. The van der Waals surface area contributed by atoms with E-state index in [1.807, 2.05) is 11.9 Å². The van der Waals surface area contributed by atoms with Gasteiger partial charge < -0.3 is 14.7 Å². The first-order chi connectivity index (χ1) is 9.22. The fraction of sp³-hybridized carbons (Fsp3) is 0.933. The van der Waals surface area contributed by atoms with Crippen LogP contribution in [-0.2, 0) is 9.53 Å². The summed E-state index contributed by atoms with van der Waals surface area (Å²) in [7, 11) is 1.96. The van der Waals surface area contributed by atoms with Gasteiger partial charge in [-0.2, -0.15) is 0 Å². The van der Waals surface area contributed by atoms with Crippen LogP contribution in [0.1, 0.15) is 44.9 Å². The lowest BCUT2D eigenvalue weighted by Crippen LogP contribution is -2.44. The first-order valence-electron chi connectivity index (χ1n) is 7.67. The normalized spacial score (nSPS) is 29.2. The number of nitrogens with zero attached hydrogens (tertiary/aromatic N) is 1. The molecule has 2 aliphatic rings. The van der Waals surface area contributed by atoms with Crippen molar-refractivity contribution in [1.82, 2.24) is 4.90 Å². The van der Waals surface area contributed by atoms with Crippen LogP contribution in [0.4, 0.5) is 0 Å². The second kappa shape index (κ2) is 7.25. The van der Waals surface area contributed by atoms with Gasteiger partial charge in [0.25, 0.3) is 0 Å². The number of hydrogen-bond acceptors (Lipinski definition) is 3. The van der Waals surface area contributed by atoms with Crippen LogP contribution in [-0.4, -0.2) is 48.8 Å². The molecule has 0 spiro atoms. The zero-order valence-corrected chi connectivity index (χ0v) is 12.0. The van der Waals surface area contributed by atoms with Crippen LogP contribution in [0.2, 0.25) is 0 Å². The lowest BCUT2D eigenvalue weighted by atomic mass is 9.80. The summed E-state index contributed by atoms with van der Waals surface area (Å²) in [6.07, 6.45) is 7.03. The monoisotopic (exact) mass is 269 g/mol. The Kier molecular flexibility index (Phi) is 5.64. The number of aliphatic hydroxyl groups excluding tert-OH is 1. The average molecular weight is 269 g/mol. The van der Waals surface area contributed by atoms with Gasteiger partial charge in [0, 0.05) is 38.8 Å². The first kappa shape index (κ1) is 14.8. The van der Waals surface area contributed by atoms with Gasteiger partial charge >= 0.3 is 0 Å². The van der Waals surface area contributed by atoms with Crippen LogP contribution < -0.4 is 0 Å². The summed E-state index contributed by atoms with van der Waals surface area (Å²) in [6, 6.07) is 0.372. The molecule has 2 rings (SSSR count). The quantitative estimate of drug-likeness (QED) is 0.847. The van der Waals surface area contributed by atoms with Gasteiger partial charge in [-0.25, -0.2) is 0 Å². The molecular weight excluding hydrogens is 242 g/mol. The smallest absolute Gasteiger partial charge is 0.225 e. The van der Waals surface area contributed by atoms with Crippen molar-refractivity contribution < 1.29 is 14.6 Å². The molecule has 1 heterocycles. The predicted molar refractivity (Wildman–Crippen MR) is 73.8 cm³/mol. The van der Waals surface area contributed by atoms with Crippen LogP contribution >= 0.6 is 0 Å².